The predicted octanol–water partition coefficient (Wildman–Crippen LogP) is 4.33. The predicted molar refractivity (Wildman–Crippen MR) is 89.0 cm³/mol. The zero-order valence-corrected chi connectivity index (χ0v) is 14.0. The summed E-state index contributed by atoms with van der Waals surface area (Å²) in [6.45, 7) is 10.9. The molecule has 0 aliphatic rings. The van der Waals surface area contributed by atoms with Gasteiger partial charge in [-0.1, -0.05) is 45.4 Å². The average molecular weight is 293 g/mol. The third kappa shape index (κ3) is 5.68. The highest BCUT2D eigenvalue weighted by molar-refractivity contribution is 5.36. The zero-order valence-electron chi connectivity index (χ0n) is 14.0. The van der Waals surface area contributed by atoms with E-state index in [2.05, 4.69) is 51.2 Å². The zero-order chi connectivity index (χ0) is 15.5. The van der Waals surface area contributed by atoms with Gasteiger partial charge in [-0.2, -0.15) is 0 Å². The monoisotopic (exact) mass is 293 g/mol. The van der Waals surface area contributed by atoms with Crippen LogP contribution in [0, 0.1) is 0 Å². The fourth-order valence-electron chi connectivity index (χ4n) is 2.59. The Morgan fingerprint density at radius 3 is 2.43 bits per heavy atom. The first-order valence-corrected chi connectivity index (χ1v) is 8.35. The summed E-state index contributed by atoms with van der Waals surface area (Å²) < 4.78 is 11.9. The highest BCUT2D eigenvalue weighted by Crippen LogP contribution is 2.30. The van der Waals surface area contributed by atoms with Crippen LogP contribution in [-0.2, 0) is 4.74 Å². The molecule has 2 unspecified atom stereocenters. The number of hydrogen-bond donors (Lipinski definition) is 1. The maximum Gasteiger partial charge on any atom is 0.124 e. The summed E-state index contributed by atoms with van der Waals surface area (Å²) in [5.74, 6) is 0.978. The third-order valence-corrected chi connectivity index (χ3v) is 3.47. The topological polar surface area (TPSA) is 30.5 Å². The minimum absolute atomic E-state index is 0.183. The molecule has 1 aromatic carbocycles. The second kappa shape index (κ2) is 10.6. The minimum Gasteiger partial charge on any atom is -0.493 e. The van der Waals surface area contributed by atoms with E-state index in [4.69, 9.17) is 9.47 Å². The molecule has 0 spiro atoms. The van der Waals surface area contributed by atoms with Gasteiger partial charge in [0.15, 0.2) is 0 Å². The summed E-state index contributed by atoms with van der Waals surface area (Å²) in [5, 5.41) is 3.58. The largest absolute Gasteiger partial charge is 0.493 e. The lowest BCUT2D eigenvalue weighted by Gasteiger charge is -2.29. The summed E-state index contributed by atoms with van der Waals surface area (Å²) in [6, 6.07) is 8.51. The summed E-state index contributed by atoms with van der Waals surface area (Å²) >= 11 is 0. The van der Waals surface area contributed by atoms with E-state index in [0.717, 1.165) is 44.8 Å². The number of rotatable bonds is 11. The molecule has 0 fully saturated rings. The van der Waals surface area contributed by atoms with Gasteiger partial charge >= 0.3 is 0 Å². The average Bonchev–Trinajstić information content (AvgIpc) is 2.51. The second-order valence-corrected chi connectivity index (χ2v) is 5.20. The van der Waals surface area contributed by atoms with Crippen LogP contribution < -0.4 is 10.1 Å². The van der Waals surface area contributed by atoms with Gasteiger partial charge in [-0.25, -0.2) is 0 Å². The Bertz CT molecular complexity index is 375. The van der Waals surface area contributed by atoms with Gasteiger partial charge in [0.25, 0.3) is 0 Å². The van der Waals surface area contributed by atoms with Crippen LogP contribution in [0.1, 0.15) is 58.6 Å². The molecule has 0 aliphatic carbocycles. The fraction of sp³-hybridized carbons (Fsp3) is 0.667. The number of ether oxygens (including phenoxy) is 2. The van der Waals surface area contributed by atoms with Crippen molar-refractivity contribution < 1.29 is 9.47 Å². The molecule has 120 valence electrons. The van der Waals surface area contributed by atoms with Crippen LogP contribution in [0.25, 0.3) is 0 Å². The number of likely N-dealkylation sites (N-methyl/N-ethyl adjacent to an activating group) is 1. The van der Waals surface area contributed by atoms with Gasteiger partial charge in [0.1, 0.15) is 5.75 Å². The molecule has 3 heteroatoms. The lowest BCUT2D eigenvalue weighted by molar-refractivity contribution is 0.0272. The second-order valence-electron chi connectivity index (χ2n) is 5.20. The van der Waals surface area contributed by atoms with Crippen LogP contribution in [-0.4, -0.2) is 25.9 Å². The Balaban J connectivity index is 3.01. The third-order valence-electron chi connectivity index (χ3n) is 3.47. The first-order chi connectivity index (χ1) is 10.3. The molecule has 0 saturated carbocycles. The smallest absolute Gasteiger partial charge is 0.124 e. The molecule has 0 saturated heterocycles. The van der Waals surface area contributed by atoms with E-state index in [0.29, 0.717) is 0 Å². The van der Waals surface area contributed by atoms with Gasteiger partial charge in [-0.3, -0.25) is 0 Å². The van der Waals surface area contributed by atoms with Crippen molar-refractivity contribution in [3.05, 3.63) is 29.8 Å². The molecule has 0 amide bonds. The highest BCUT2D eigenvalue weighted by Gasteiger charge is 2.24. The number of benzene rings is 1. The molecule has 1 N–H and O–H groups in total. The molecule has 0 heterocycles. The van der Waals surface area contributed by atoms with Gasteiger partial charge in [0.05, 0.1) is 18.8 Å². The molecule has 0 aliphatic heterocycles. The normalized spacial score (nSPS) is 13.9. The molecule has 1 aromatic rings. The van der Waals surface area contributed by atoms with Crippen molar-refractivity contribution in [1.82, 2.24) is 5.32 Å². The van der Waals surface area contributed by atoms with Crippen molar-refractivity contribution in [3.8, 4) is 5.75 Å². The lowest BCUT2D eigenvalue weighted by Crippen LogP contribution is -2.34. The van der Waals surface area contributed by atoms with Gasteiger partial charge in [-0.15, -0.1) is 0 Å². The standard InChI is InChI=1S/C18H31NO2/c1-5-11-17(20-8-4)18(19-7-3)15-12-9-10-13-16(15)21-14-6-2/h9-10,12-13,17-19H,5-8,11,14H2,1-4H3. The van der Waals surface area contributed by atoms with Gasteiger partial charge in [0.2, 0.25) is 0 Å². The molecule has 3 nitrogen and oxygen atoms in total. The van der Waals surface area contributed by atoms with Crippen molar-refractivity contribution in [2.24, 2.45) is 0 Å². The first-order valence-electron chi connectivity index (χ1n) is 8.35. The van der Waals surface area contributed by atoms with Crippen molar-refractivity contribution >= 4 is 0 Å². The summed E-state index contributed by atoms with van der Waals surface area (Å²) in [4.78, 5) is 0. The molecule has 2 atom stereocenters. The fourth-order valence-corrected chi connectivity index (χ4v) is 2.59. The van der Waals surface area contributed by atoms with Crippen molar-refractivity contribution in [2.45, 2.75) is 59.1 Å². The van der Waals surface area contributed by atoms with E-state index >= 15 is 0 Å². The SMILES string of the molecule is CCCOc1ccccc1C(NCC)C(CCC)OCC. The van der Waals surface area contributed by atoms with Crippen LogP contribution in [0.15, 0.2) is 24.3 Å². The van der Waals surface area contributed by atoms with E-state index in [1.807, 2.05) is 6.07 Å². The number of para-hydroxylation sites is 1. The van der Waals surface area contributed by atoms with E-state index in [1.165, 1.54) is 5.56 Å². The first kappa shape index (κ1) is 18.0. The number of hydrogen-bond acceptors (Lipinski definition) is 3. The van der Waals surface area contributed by atoms with Gasteiger partial charge in [-0.05, 0) is 32.4 Å². The molecule has 0 radical (unpaired) electrons. The van der Waals surface area contributed by atoms with E-state index in [9.17, 15) is 0 Å². The molecular formula is C18H31NO2. The lowest BCUT2D eigenvalue weighted by atomic mass is 9.97. The van der Waals surface area contributed by atoms with Crippen LogP contribution in [0.5, 0.6) is 5.75 Å². The van der Waals surface area contributed by atoms with Gasteiger partial charge in [0, 0.05) is 12.2 Å². The van der Waals surface area contributed by atoms with Crippen LogP contribution in [0.3, 0.4) is 0 Å². The molecule has 21 heavy (non-hydrogen) atoms. The molecule has 1 rings (SSSR count). The van der Waals surface area contributed by atoms with E-state index < -0.39 is 0 Å². The van der Waals surface area contributed by atoms with Crippen molar-refractivity contribution in [1.29, 1.82) is 0 Å². The summed E-state index contributed by atoms with van der Waals surface area (Å²) in [6.07, 6.45) is 3.37. The van der Waals surface area contributed by atoms with E-state index in [1.54, 1.807) is 0 Å². The summed E-state index contributed by atoms with van der Waals surface area (Å²) in [5.41, 5.74) is 1.21. The van der Waals surface area contributed by atoms with Crippen LogP contribution in [0.4, 0.5) is 0 Å². The molecule has 0 aromatic heterocycles. The molecule has 0 bridgehead atoms. The Hall–Kier alpha value is -1.06. The molecular weight excluding hydrogens is 262 g/mol. The van der Waals surface area contributed by atoms with Crippen molar-refractivity contribution in [3.63, 3.8) is 0 Å². The van der Waals surface area contributed by atoms with Gasteiger partial charge < -0.3 is 14.8 Å². The Kier molecular flexibility index (Phi) is 9.11. The Morgan fingerprint density at radius 2 is 1.81 bits per heavy atom. The Labute approximate surface area is 130 Å². The van der Waals surface area contributed by atoms with Crippen molar-refractivity contribution in [2.75, 3.05) is 19.8 Å². The maximum absolute atomic E-state index is 5.99. The van der Waals surface area contributed by atoms with Crippen LogP contribution >= 0.6 is 0 Å². The summed E-state index contributed by atoms with van der Waals surface area (Å²) in [7, 11) is 0. The quantitative estimate of drug-likeness (QED) is 0.658. The maximum atomic E-state index is 5.99. The highest BCUT2D eigenvalue weighted by atomic mass is 16.5. The van der Waals surface area contributed by atoms with E-state index in [-0.39, 0.29) is 12.1 Å². The minimum atomic E-state index is 0.183. The van der Waals surface area contributed by atoms with Crippen LogP contribution in [0.2, 0.25) is 0 Å². The Morgan fingerprint density at radius 1 is 1.05 bits per heavy atom. The number of nitrogens with one attached hydrogen (secondary N) is 1.